The fraction of sp³-hybridized carbons (Fsp3) is 0.533. The largest absolute Gasteiger partial charge is 0.508 e. The van der Waals surface area contributed by atoms with E-state index in [0.717, 1.165) is 24.8 Å². The Hall–Kier alpha value is -1.53. The number of phenols is 1. The van der Waals surface area contributed by atoms with Crippen LogP contribution in [0.15, 0.2) is 24.3 Å². The first-order valence-electron chi connectivity index (χ1n) is 6.45. The number of nitrogens with zero attached hydrogens (tertiary/aromatic N) is 1. The third kappa shape index (κ3) is 1.97. The van der Waals surface area contributed by atoms with E-state index >= 15 is 0 Å². The Bertz CT molecular complexity index is 454. The minimum Gasteiger partial charge on any atom is -0.508 e. The average Bonchev–Trinajstić information content (AvgIpc) is 2.39. The maximum absolute atomic E-state index is 10.8. The number of phenolic OH excluding ortho intramolecular Hbond substituents is 1. The summed E-state index contributed by atoms with van der Waals surface area (Å²) in [5.74, 6) is 0.176. The van der Waals surface area contributed by atoms with Crippen LogP contribution in [0.2, 0.25) is 0 Å². The van der Waals surface area contributed by atoms with Gasteiger partial charge < -0.3 is 10.2 Å². The van der Waals surface area contributed by atoms with Gasteiger partial charge in [-0.1, -0.05) is 31.4 Å². The molecule has 0 bridgehead atoms. The maximum atomic E-state index is 10.8. The van der Waals surface area contributed by atoms with Gasteiger partial charge in [-0.05, 0) is 37.5 Å². The molecule has 1 saturated carbocycles. The molecule has 1 aliphatic rings. The van der Waals surface area contributed by atoms with Crippen molar-refractivity contribution in [1.82, 2.24) is 0 Å². The van der Waals surface area contributed by atoms with E-state index in [9.17, 15) is 15.5 Å². The van der Waals surface area contributed by atoms with Crippen LogP contribution >= 0.6 is 0 Å². The number of benzene rings is 1. The number of hydrogen-bond donors (Lipinski definition) is 2. The molecule has 0 radical (unpaired) electrons. The summed E-state index contributed by atoms with van der Waals surface area (Å²) < 4.78 is 0. The summed E-state index contributed by atoms with van der Waals surface area (Å²) in [6, 6.07) is 8.88. The monoisotopic (exact) mass is 245 g/mol. The van der Waals surface area contributed by atoms with Gasteiger partial charge >= 0.3 is 0 Å². The van der Waals surface area contributed by atoms with Gasteiger partial charge in [0.15, 0.2) is 0 Å². The molecule has 0 heterocycles. The molecular weight excluding hydrogens is 226 g/mol. The molecule has 0 spiro atoms. The van der Waals surface area contributed by atoms with E-state index in [1.54, 1.807) is 31.2 Å². The van der Waals surface area contributed by atoms with Crippen LogP contribution in [-0.2, 0) is 5.41 Å². The lowest BCUT2D eigenvalue weighted by atomic mass is 9.63. The number of hydrogen-bond acceptors (Lipinski definition) is 3. The molecule has 1 aliphatic carbocycles. The number of aliphatic hydroxyl groups is 1. The van der Waals surface area contributed by atoms with E-state index in [1.807, 2.05) is 0 Å². The zero-order chi connectivity index (χ0) is 13.2. The molecule has 3 nitrogen and oxygen atoms in total. The summed E-state index contributed by atoms with van der Waals surface area (Å²) in [6.07, 6.45) is 4.38. The SMILES string of the molecule is CC(C#N)(c1ccc(O)cc1)C1(O)CCCCC1. The molecule has 1 atom stereocenters. The third-order valence-electron chi connectivity index (χ3n) is 4.28. The molecule has 1 aromatic carbocycles. The molecule has 0 aromatic heterocycles. The normalized spacial score (nSPS) is 21.8. The van der Waals surface area contributed by atoms with Gasteiger partial charge in [-0.25, -0.2) is 0 Å². The second kappa shape index (κ2) is 4.62. The summed E-state index contributed by atoms with van der Waals surface area (Å²) in [6.45, 7) is 1.80. The van der Waals surface area contributed by atoms with Gasteiger partial charge in [0.05, 0.1) is 11.7 Å². The first-order chi connectivity index (χ1) is 8.52. The van der Waals surface area contributed by atoms with E-state index in [0.29, 0.717) is 12.8 Å². The lowest BCUT2D eigenvalue weighted by molar-refractivity contribution is -0.0419. The van der Waals surface area contributed by atoms with E-state index in [-0.39, 0.29) is 5.75 Å². The minimum absolute atomic E-state index is 0.176. The maximum Gasteiger partial charge on any atom is 0.115 e. The highest BCUT2D eigenvalue weighted by molar-refractivity contribution is 5.39. The van der Waals surface area contributed by atoms with E-state index in [1.165, 1.54) is 0 Å². The highest BCUT2D eigenvalue weighted by atomic mass is 16.3. The van der Waals surface area contributed by atoms with Crippen molar-refractivity contribution in [2.75, 3.05) is 0 Å². The van der Waals surface area contributed by atoms with Crippen molar-refractivity contribution in [3.63, 3.8) is 0 Å². The van der Waals surface area contributed by atoms with E-state index in [4.69, 9.17) is 0 Å². The topological polar surface area (TPSA) is 64.2 Å². The molecule has 1 fully saturated rings. The first kappa shape index (κ1) is 12.9. The molecule has 0 amide bonds. The van der Waals surface area contributed by atoms with Crippen molar-refractivity contribution < 1.29 is 10.2 Å². The summed E-state index contributed by atoms with van der Waals surface area (Å²) in [5.41, 5.74) is -1.11. The van der Waals surface area contributed by atoms with Gasteiger partial charge in [-0.3, -0.25) is 0 Å². The average molecular weight is 245 g/mol. The van der Waals surface area contributed by atoms with Gasteiger partial charge in [-0.2, -0.15) is 5.26 Å². The fourth-order valence-electron chi connectivity index (χ4n) is 2.87. The van der Waals surface area contributed by atoms with Crippen LogP contribution < -0.4 is 0 Å². The summed E-state index contributed by atoms with van der Waals surface area (Å²) >= 11 is 0. The molecular formula is C15H19NO2. The predicted octanol–water partition coefficient (Wildman–Crippen LogP) is 2.87. The highest BCUT2D eigenvalue weighted by Crippen LogP contribution is 2.44. The molecule has 1 unspecified atom stereocenters. The Morgan fingerprint density at radius 3 is 2.22 bits per heavy atom. The molecule has 96 valence electrons. The molecule has 2 N–H and O–H groups in total. The van der Waals surface area contributed by atoms with Crippen LogP contribution in [0, 0.1) is 11.3 Å². The van der Waals surface area contributed by atoms with E-state index < -0.39 is 11.0 Å². The Labute approximate surface area is 108 Å². The molecule has 2 rings (SSSR count). The molecule has 0 saturated heterocycles. The molecule has 18 heavy (non-hydrogen) atoms. The van der Waals surface area contributed by atoms with Gasteiger partial charge in [-0.15, -0.1) is 0 Å². The Balaban J connectivity index is 2.41. The lowest BCUT2D eigenvalue weighted by Gasteiger charge is -2.43. The van der Waals surface area contributed by atoms with Crippen LogP contribution in [0.1, 0.15) is 44.6 Å². The second-order valence-corrected chi connectivity index (χ2v) is 5.38. The molecule has 1 aromatic rings. The molecule has 3 heteroatoms. The smallest absolute Gasteiger partial charge is 0.115 e. The zero-order valence-electron chi connectivity index (χ0n) is 10.7. The van der Waals surface area contributed by atoms with Crippen molar-refractivity contribution in [2.45, 2.75) is 50.0 Å². The first-order valence-corrected chi connectivity index (χ1v) is 6.45. The van der Waals surface area contributed by atoms with Crippen molar-refractivity contribution in [2.24, 2.45) is 0 Å². The Morgan fingerprint density at radius 2 is 1.72 bits per heavy atom. The van der Waals surface area contributed by atoms with Crippen molar-refractivity contribution >= 4 is 0 Å². The standard InChI is InChI=1S/C15H19NO2/c1-14(11-16,12-5-7-13(17)8-6-12)15(18)9-3-2-4-10-15/h5-8,17-18H,2-4,9-10H2,1H3. The Morgan fingerprint density at radius 1 is 1.17 bits per heavy atom. The van der Waals surface area contributed by atoms with Crippen LogP contribution in [0.5, 0.6) is 5.75 Å². The summed E-state index contributed by atoms with van der Waals surface area (Å²) in [5, 5.41) is 29.7. The minimum atomic E-state index is -0.961. The van der Waals surface area contributed by atoms with Gasteiger partial charge in [0.2, 0.25) is 0 Å². The van der Waals surface area contributed by atoms with Crippen molar-refractivity contribution in [3.8, 4) is 11.8 Å². The number of rotatable bonds is 2. The van der Waals surface area contributed by atoms with Gasteiger partial charge in [0, 0.05) is 0 Å². The third-order valence-corrected chi connectivity index (χ3v) is 4.28. The van der Waals surface area contributed by atoms with Gasteiger partial charge in [0.25, 0.3) is 0 Å². The fourth-order valence-corrected chi connectivity index (χ4v) is 2.87. The Kier molecular flexibility index (Phi) is 3.32. The summed E-state index contributed by atoms with van der Waals surface area (Å²) in [7, 11) is 0. The van der Waals surface area contributed by atoms with Crippen molar-refractivity contribution in [3.05, 3.63) is 29.8 Å². The van der Waals surface area contributed by atoms with Gasteiger partial charge in [0.1, 0.15) is 11.2 Å². The quantitative estimate of drug-likeness (QED) is 0.842. The lowest BCUT2D eigenvalue weighted by Crippen LogP contribution is -2.50. The molecule has 0 aliphatic heterocycles. The number of aromatic hydroxyl groups is 1. The van der Waals surface area contributed by atoms with Crippen LogP contribution in [0.25, 0.3) is 0 Å². The van der Waals surface area contributed by atoms with Crippen LogP contribution in [0.4, 0.5) is 0 Å². The highest BCUT2D eigenvalue weighted by Gasteiger charge is 2.48. The zero-order valence-corrected chi connectivity index (χ0v) is 10.7. The van der Waals surface area contributed by atoms with Crippen LogP contribution in [0.3, 0.4) is 0 Å². The van der Waals surface area contributed by atoms with Crippen LogP contribution in [-0.4, -0.2) is 15.8 Å². The second-order valence-electron chi connectivity index (χ2n) is 5.38. The summed E-state index contributed by atoms with van der Waals surface area (Å²) in [4.78, 5) is 0. The van der Waals surface area contributed by atoms with Crippen molar-refractivity contribution in [1.29, 1.82) is 5.26 Å². The van der Waals surface area contributed by atoms with E-state index in [2.05, 4.69) is 6.07 Å². The predicted molar refractivity (Wildman–Crippen MR) is 69.1 cm³/mol. The number of nitriles is 1.